The van der Waals surface area contributed by atoms with E-state index in [0.717, 1.165) is 228 Å². The Labute approximate surface area is 843 Å². The van der Waals surface area contributed by atoms with Crippen LogP contribution in [0.4, 0.5) is 0 Å². The van der Waals surface area contributed by atoms with Gasteiger partial charge in [0.05, 0.1) is 67.3 Å². The van der Waals surface area contributed by atoms with Gasteiger partial charge in [0.2, 0.25) is 0 Å². The van der Waals surface area contributed by atoms with Crippen LogP contribution in [-0.2, 0) is 0 Å². The van der Waals surface area contributed by atoms with Crippen molar-refractivity contribution >= 4 is 81.8 Å². The molecule has 28 rings (SSSR count). The molecule has 0 bridgehead atoms. The van der Waals surface area contributed by atoms with Crippen molar-refractivity contribution in [3.8, 4) is 157 Å². The Bertz CT molecular complexity index is 9090. The van der Waals surface area contributed by atoms with Gasteiger partial charge in [-0.3, -0.25) is 29.9 Å². The van der Waals surface area contributed by atoms with Crippen molar-refractivity contribution in [2.24, 2.45) is 5.92 Å². The number of rotatable bonds is 15. The molecule has 0 radical (unpaired) electrons. The van der Waals surface area contributed by atoms with Gasteiger partial charge >= 0.3 is 0 Å². The van der Waals surface area contributed by atoms with Gasteiger partial charge in [-0.1, -0.05) is 376 Å². The maximum Gasteiger partial charge on any atom is 0.160 e. The lowest BCUT2D eigenvalue weighted by Gasteiger charge is -2.36. The molecule has 0 saturated heterocycles. The molecule has 0 saturated carbocycles. The number of nitrogens with zero attached hydrogens (tertiary/aromatic N) is 12. The highest BCUT2D eigenvalue weighted by Gasteiger charge is 2.35. The number of pyridine rings is 6. The maximum absolute atomic E-state index is 5.31. The van der Waals surface area contributed by atoms with Gasteiger partial charge in [0.1, 0.15) is 0 Å². The Morgan fingerprint density at radius 3 is 0.993 bits per heavy atom. The van der Waals surface area contributed by atoms with Gasteiger partial charge in [-0.15, -0.1) is 0 Å². The van der Waals surface area contributed by atoms with Gasteiger partial charge in [-0.2, -0.15) is 0 Å². The van der Waals surface area contributed by atoms with Gasteiger partial charge in [-0.25, -0.2) is 29.9 Å². The van der Waals surface area contributed by atoms with Crippen LogP contribution >= 0.6 is 0 Å². The summed E-state index contributed by atoms with van der Waals surface area (Å²) in [7, 11) is 0. The van der Waals surface area contributed by atoms with E-state index in [1.807, 2.05) is 122 Å². The van der Waals surface area contributed by atoms with Crippen molar-refractivity contribution in [1.82, 2.24) is 59.8 Å². The first kappa shape index (κ1) is 86.8. The Morgan fingerprint density at radius 1 is 0.205 bits per heavy atom. The van der Waals surface area contributed by atoms with E-state index in [1.54, 1.807) is 0 Å². The molecular formula is C134H86N12. The zero-order valence-electron chi connectivity index (χ0n) is 79.1. The fourth-order valence-corrected chi connectivity index (χ4v) is 20.7. The van der Waals surface area contributed by atoms with E-state index in [2.05, 4.69) is 402 Å². The van der Waals surface area contributed by atoms with Gasteiger partial charge in [0, 0.05) is 137 Å². The monoisotopic (exact) mass is 1860 g/mol. The molecular weight excluding hydrogens is 1780 g/mol. The van der Waals surface area contributed by atoms with Crippen LogP contribution in [0.5, 0.6) is 0 Å². The van der Waals surface area contributed by atoms with Crippen molar-refractivity contribution in [2.45, 2.75) is 6.42 Å². The minimum atomic E-state index is 0.210. The molecule has 0 aliphatic heterocycles. The van der Waals surface area contributed by atoms with E-state index < -0.39 is 0 Å². The molecule has 0 spiro atoms. The summed E-state index contributed by atoms with van der Waals surface area (Å²) in [5.41, 5.74) is 40.9. The van der Waals surface area contributed by atoms with Crippen molar-refractivity contribution in [1.29, 1.82) is 0 Å². The highest BCUT2D eigenvalue weighted by molar-refractivity contribution is 6.01. The number of fused-ring (bicyclic) bond motifs is 7. The van der Waals surface area contributed by atoms with Crippen LogP contribution in [0.15, 0.2) is 532 Å². The van der Waals surface area contributed by atoms with Gasteiger partial charge in [0.25, 0.3) is 0 Å². The van der Waals surface area contributed by atoms with Crippen LogP contribution in [0.3, 0.4) is 0 Å². The molecule has 1 unspecified atom stereocenters. The quantitative estimate of drug-likeness (QED) is 0.0959. The Kier molecular flexibility index (Phi) is 22.5. The van der Waals surface area contributed by atoms with E-state index in [0.29, 0.717) is 17.5 Å². The summed E-state index contributed by atoms with van der Waals surface area (Å²) in [4.78, 5) is 58.5. The topological polar surface area (TPSA) is 155 Å². The lowest BCUT2D eigenvalue weighted by atomic mass is 9.67. The van der Waals surface area contributed by atoms with E-state index in [9.17, 15) is 0 Å². The number of hydrogen-bond donors (Lipinski definition) is 0. The summed E-state index contributed by atoms with van der Waals surface area (Å²) >= 11 is 0. The highest BCUT2D eigenvalue weighted by Crippen LogP contribution is 2.51. The minimum absolute atomic E-state index is 0.210. The standard InChI is InChI=1S/C50H32N4.C44H28N4.C40H26N4/c1-3-10-44-38(6-1)26-40(29-51-44)31-12-16-33(17-13-31)46-28-47(42-24-22-36-19-18-34-8-5-9-35-23-25-43(42)49(36)48(34)35)54-50(53-46)37-20-14-32(15-21-37)41-27-39-7-2-4-11-45(39)52-30-41;1-2-10-34-29(8-1)9-7-13-39(34)43-28-42(32-20-16-30(17-21-32)35-24-26-45-40-14-5-3-11-37(35)40)47-44(48-43)33-22-18-31(19-23-33)36-25-27-46-41-15-6-4-12-38(36)41;1-2-8-29(9-3-1)38-26-39(30-18-14-27(15-19-30)32-22-24-41-36-12-6-4-10-34(32)36)44-40(43-38)31-20-16-28(17-21-31)33-23-25-42-37-13-7-5-11-35(33)37/h1-7,9-30,49H,8H2;1-28H;1-26H. The van der Waals surface area contributed by atoms with Crippen LogP contribution in [0, 0.1) is 5.92 Å². The lowest BCUT2D eigenvalue weighted by Crippen LogP contribution is -2.22. The number of para-hydroxylation sites is 6. The molecule has 0 fully saturated rings. The van der Waals surface area contributed by atoms with Crippen molar-refractivity contribution in [3.05, 3.63) is 538 Å². The lowest BCUT2D eigenvalue weighted by molar-refractivity contribution is 0.834. The molecule has 12 heteroatoms. The average Bonchev–Trinajstić information content (AvgIpc) is 0.730. The maximum atomic E-state index is 5.31. The summed E-state index contributed by atoms with van der Waals surface area (Å²) in [6.45, 7) is 0. The molecule has 4 aliphatic carbocycles. The third-order valence-electron chi connectivity index (χ3n) is 28.1. The number of allylic oxidation sites excluding steroid dienone is 14. The summed E-state index contributed by atoms with van der Waals surface area (Å²) in [6, 6.07) is 145. The molecule has 1 atom stereocenters. The second-order valence-electron chi connectivity index (χ2n) is 36.9. The highest BCUT2D eigenvalue weighted by atomic mass is 14.9. The van der Waals surface area contributed by atoms with Crippen molar-refractivity contribution in [2.75, 3.05) is 0 Å². The first-order valence-corrected chi connectivity index (χ1v) is 49.1. The fraction of sp³-hybridized carbons (Fsp3) is 0.0149. The normalized spacial score (nSPS) is 13.3. The molecule has 4 aliphatic rings. The first-order chi connectivity index (χ1) is 72.3. The number of hydrogen-bond acceptors (Lipinski definition) is 12. The van der Waals surface area contributed by atoms with Crippen LogP contribution in [0.1, 0.15) is 12.1 Å². The fourth-order valence-electron chi connectivity index (χ4n) is 20.7. The van der Waals surface area contributed by atoms with Gasteiger partial charge in [0.15, 0.2) is 17.5 Å². The van der Waals surface area contributed by atoms with E-state index in [1.165, 1.54) is 33.3 Å². The Hall–Kier alpha value is -19.6. The van der Waals surface area contributed by atoms with Crippen LogP contribution in [0.25, 0.3) is 239 Å². The van der Waals surface area contributed by atoms with E-state index >= 15 is 0 Å². The largest absolute Gasteiger partial charge is 0.256 e. The van der Waals surface area contributed by atoms with Gasteiger partial charge in [-0.05, 0) is 192 Å². The second-order valence-corrected chi connectivity index (χ2v) is 36.9. The third kappa shape index (κ3) is 17.0. The summed E-state index contributed by atoms with van der Waals surface area (Å²) in [6.07, 6.45) is 30.6. The van der Waals surface area contributed by atoms with Crippen LogP contribution < -0.4 is 0 Å². The van der Waals surface area contributed by atoms with E-state index in [-0.39, 0.29) is 5.92 Å². The molecule has 24 aromatic rings. The van der Waals surface area contributed by atoms with Crippen LogP contribution in [0.2, 0.25) is 0 Å². The number of aromatic nitrogens is 12. The number of benzene rings is 15. The molecule has 15 aromatic carbocycles. The summed E-state index contributed by atoms with van der Waals surface area (Å²) in [5.74, 6) is 2.28. The predicted molar refractivity (Wildman–Crippen MR) is 597 cm³/mol. The summed E-state index contributed by atoms with van der Waals surface area (Å²) in [5, 5.41) is 9.14. The minimum Gasteiger partial charge on any atom is -0.256 e. The molecule has 12 nitrogen and oxygen atoms in total. The Morgan fingerprint density at radius 2 is 0.548 bits per heavy atom. The predicted octanol–water partition coefficient (Wildman–Crippen LogP) is 32.8. The van der Waals surface area contributed by atoms with Crippen molar-refractivity contribution in [3.63, 3.8) is 0 Å². The molecule has 9 heterocycles. The molecule has 0 amide bonds. The SMILES string of the molecule is C1=CC2=C3C(=CC=C4C=CC(c5cc(-c6ccc(-c7cnc8ccccc8c7)cc6)nc(-c6ccc(-c7cnc8ccccc8c7)cc6)n5)=C(C=C2)C43)C1.c1ccc(-c2cc(-c3ccc(-c4ccnc5ccccc45)cc3)nc(-c3ccc(-c4ccnc5ccccc45)cc3)n2)cc1.c1ccc2c(-c3cc(-c4ccc(-c5ccnc6ccccc56)cc4)nc(-c4ccc(-c5ccnc6ccccc56)cc4)n3)cccc2c1. The zero-order chi connectivity index (χ0) is 96.7. The summed E-state index contributed by atoms with van der Waals surface area (Å²) < 4.78 is 0. The Balaban J connectivity index is 0.000000112. The average molecular weight is 1860 g/mol. The zero-order valence-corrected chi connectivity index (χ0v) is 79.1. The third-order valence-corrected chi connectivity index (χ3v) is 28.1. The molecule has 146 heavy (non-hydrogen) atoms. The van der Waals surface area contributed by atoms with Crippen molar-refractivity contribution < 1.29 is 0 Å². The molecule has 0 N–H and O–H groups in total. The molecule has 9 aromatic heterocycles. The molecule has 682 valence electrons. The first-order valence-electron chi connectivity index (χ1n) is 49.1. The smallest absolute Gasteiger partial charge is 0.160 e. The second kappa shape index (κ2) is 37.9. The van der Waals surface area contributed by atoms with E-state index in [4.69, 9.17) is 39.9 Å². The van der Waals surface area contributed by atoms with Crippen LogP contribution in [-0.4, -0.2) is 59.8 Å². The van der Waals surface area contributed by atoms with Gasteiger partial charge < -0.3 is 0 Å².